The molecule has 0 spiro atoms. The number of aliphatic hydroxyl groups excluding tert-OH is 1. The minimum atomic E-state index is 0.155. The number of aromatic nitrogens is 3. The largest absolute Gasteiger partial charge is 0.395 e. The van der Waals surface area contributed by atoms with Crippen molar-refractivity contribution in [3.63, 3.8) is 0 Å². The molecule has 0 aliphatic rings. The maximum Gasteiger partial charge on any atom is 0.0964 e. The lowest BCUT2D eigenvalue weighted by Crippen LogP contribution is -2.17. The van der Waals surface area contributed by atoms with Crippen molar-refractivity contribution < 1.29 is 5.11 Å². The Bertz CT molecular complexity index is 223. The average molecular weight is 170 g/mol. The molecule has 68 valence electrons. The highest BCUT2D eigenvalue weighted by Gasteiger charge is 1.97. The highest BCUT2D eigenvalue weighted by Crippen LogP contribution is 1.91. The van der Waals surface area contributed by atoms with E-state index in [1.54, 1.807) is 4.68 Å². The summed E-state index contributed by atoms with van der Waals surface area (Å²) in [6.45, 7) is 4.27. The van der Waals surface area contributed by atoms with Gasteiger partial charge in [-0.3, -0.25) is 4.68 Å². The number of aryl methyl sites for hydroxylation is 1. The van der Waals surface area contributed by atoms with Crippen LogP contribution in [0.2, 0.25) is 0 Å². The fraction of sp³-hybridized carbons (Fsp3) is 0.714. The first-order chi connectivity index (χ1) is 5.86. The first-order valence-electron chi connectivity index (χ1n) is 4.07. The molecule has 0 fully saturated rings. The number of hydrogen-bond acceptors (Lipinski definition) is 4. The van der Waals surface area contributed by atoms with Crippen molar-refractivity contribution in [2.45, 2.75) is 20.0 Å². The molecule has 0 saturated carbocycles. The molecule has 5 heteroatoms. The normalized spacial score (nSPS) is 10.5. The minimum Gasteiger partial charge on any atom is -0.395 e. The van der Waals surface area contributed by atoms with E-state index in [1.807, 2.05) is 13.1 Å². The quantitative estimate of drug-likeness (QED) is 0.578. The van der Waals surface area contributed by atoms with Gasteiger partial charge in [-0.25, -0.2) is 0 Å². The maximum atomic E-state index is 8.49. The Morgan fingerprint density at radius 1 is 1.67 bits per heavy atom. The lowest BCUT2D eigenvalue weighted by atomic mass is 10.4. The molecule has 2 N–H and O–H groups in total. The van der Waals surface area contributed by atoms with E-state index in [9.17, 15) is 0 Å². The van der Waals surface area contributed by atoms with E-state index in [4.69, 9.17) is 5.11 Å². The molecule has 1 rings (SSSR count). The van der Waals surface area contributed by atoms with Gasteiger partial charge in [0.05, 0.1) is 12.3 Å². The van der Waals surface area contributed by atoms with Crippen LogP contribution in [-0.4, -0.2) is 33.3 Å². The molecule has 0 aliphatic heterocycles. The maximum absolute atomic E-state index is 8.49. The van der Waals surface area contributed by atoms with Crippen LogP contribution in [0.1, 0.15) is 12.6 Å². The van der Waals surface area contributed by atoms with E-state index in [0.717, 1.165) is 12.2 Å². The third-order valence-electron chi connectivity index (χ3n) is 1.50. The van der Waals surface area contributed by atoms with Crippen LogP contribution in [-0.2, 0) is 13.1 Å². The van der Waals surface area contributed by atoms with Crippen LogP contribution < -0.4 is 5.32 Å². The van der Waals surface area contributed by atoms with E-state index >= 15 is 0 Å². The number of nitrogens with zero attached hydrogens (tertiary/aromatic N) is 3. The molecule has 1 aromatic rings. The van der Waals surface area contributed by atoms with Crippen LogP contribution in [0.5, 0.6) is 0 Å². The molecule has 0 bridgehead atoms. The third kappa shape index (κ3) is 2.60. The second kappa shape index (κ2) is 4.84. The van der Waals surface area contributed by atoms with Crippen LogP contribution in [0.15, 0.2) is 6.20 Å². The van der Waals surface area contributed by atoms with Gasteiger partial charge in [0.25, 0.3) is 0 Å². The van der Waals surface area contributed by atoms with E-state index in [0.29, 0.717) is 13.1 Å². The molecule has 0 atom stereocenters. The Morgan fingerprint density at radius 2 is 2.50 bits per heavy atom. The fourth-order valence-corrected chi connectivity index (χ4v) is 0.870. The summed E-state index contributed by atoms with van der Waals surface area (Å²) in [7, 11) is 0. The molecule has 0 saturated heterocycles. The summed E-state index contributed by atoms with van der Waals surface area (Å²) >= 11 is 0. The lowest BCUT2D eigenvalue weighted by Gasteiger charge is -1.96. The Balaban J connectivity index is 2.31. The molecule has 0 amide bonds. The van der Waals surface area contributed by atoms with Crippen LogP contribution >= 0.6 is 0 Å². The smallest absolute Gasteiger partial charge is 0.0964 e. The SMILES string of the molecule is CCn1cc(CNCCO)nn1. The van der Waals surface area contributed by atoms with Gasteiger partial charge >= 0.3 is 0 Å². The van der Waals surface area contributed by atoms with Gasteiger partial charge in [0, 0.05) is 25.8 Å². The third-order valence-corrected chi connectivity index (χ3v) is 1.50. The lowest BCUT2D eigenvalue weighted by molar-refractivity contribution is 0.291. The molecule has 0 unspecified atom stereocenters. The fourth-order valence-electron chi connectivity index (χ4n) is 0.870. The summed E-state index contributed by atoms with van der Waals surface area (Å²) < 4.78 is 1.77. The molecule has 0 radical (unpaired) electrons. The first kappa shape index (κ1) is 9.15. The van der Waals surface area contributed by atoms with Crippen molar-refractivity contribution in [3.05, 3.63) is 11.9 Å². The van der Waals surface area contributed by atoms with E-state index in [2.05, 4.69) is 15.6 Å². The monoisotopic (exact) mass is 170 g/mol. The highest BCUT2D eigenvalue weighted by molar-refractivity contribution is 4.91. The van der Waals surface area contributed by atoms with Gasteiger partial charge in [0.2, 0.25) is 0 Å². The summed E-state index contributed by atoms with van der Waals surface area (Å²) in [5.74, 6) is 0. The second-order valence-corrected chi connectivity index (χ2v) is 2.47. The zero-order chi connectivity index (χ0) is 8.81. The van der Waals surface area contributed by atoms with Crippen molar-refractivity contribution >= 4 is 0 Å². The van der Waals surface area contributed by atoms with Crippen LogP contribution in [0, 0.1) is 0 Å². The standard InChI is InChI=1S/C7H14N4O/c1-2-11-6-7(9-10-11)5-8-3-4-12/h6,8,12H,2-5H2,1H3. The van der Waals surface area contributed by atoms with Crippen molar-refractivity contribution in [1.82, 2.24) is 20.3 Å². The van der Waals surface area contributed by atoms with Crippen LogP contribution in [0.4, 0.5) is 0 Å². The number of rotatable bonds is 5. The Hall–Kier alpha value is -0.940. The van der Waals surface area contributed by atoms with Gasteiger partial charge in [-0.2, -0.15) is 0 Å². The Kier molecular flexibility index (Phi) is 3.69. The summed E-state index contributed by atoms with van der Waals surface area (Å²) in [6, 6.07) is 0. The molecule has 1 aromatic heterocycles. The van der Waals surface area contributed by atoms with Crippen molar-refractivity contribution in [2.75, 3.05) is 13.2 Å². The van der Waals surface area contributed by atoms with Crippen LogP contribution in [0.3, 0.4) is 0 Å². The van der Waals surface area contributed by atoms with Crippen molar-refractivity contribution in [2.24, 2.45) is 0 Å². The number of nitrogens with one attached hydrogen (secondary N) is 1. The highest BCUT2D eigenvalue weighted by atomic mass is 16.3. The molecule has 0 aliphatic carbocycles. The zero-order valence-corrected chi connectivity index (χ0v) is 7.19. The first-order valence-corrected chi connectivity index (χ1v) is 4.07. The van der Waals surface area contributed by atoms with Gasteiger partial charge in [-0.05, 0) is 6.92 Å². The van der Waals surface area contributed by atoms with Crippen molar-refractivity contribution in [3.8, 4) is 0 Å². The van der Waals surface area contributed by atoms with Gasteiger partial charge in [0.15, 0.2) is 0 Å². The molecule has 12 heavy (non-hydrogen) atoms. The summed E-state index contributed by atoms with van der Waals surface area (Å²) in [4.78, 5) is 0. The minimum absolute atomic E-state index is 0.155. The summed E-state index contributed by atoms with van der Waals surface area (Å²) in [5.41, 5.74) is 0.908. The summed E-state index contributed by atoms with van der Waals surface area (Å²) in [5, 5.41) is 19.3. The zero-order valence-electron chi connectivity index (χ0n) is 7.19. The van der Waals surface area contributed by atoms with Gasteiger partial charge in [0.1, 0.15) is 0 Å². The molecule has 1 heterocycles. The molecule has 0 aromatic carbocycles. The van der Waals surface area contributed by atoms with Gasteiger partial charge in [-0.1, -0.05) is 5.21 Å². The predicted molar refractivity (Wildman–Crippen MR) is 44.5 cm³/mol. The van der Waals surface area contributed by atoms with Crippen LogP contribution in [0.25, 0.3) is 0 Å². The molecular weight excluding hydrogens is 156 g/mol. The van der Waals surface area contributed by atoms with E-state index in [1.165, 1.54) is 0 Å². The Morgan fingerprint density at radius 3 is 3.08 bits per heavy atom. The Labute approximate surface area is 71.4 Å². The topological polar surface area (TPSA) is 63.0 Å². The predicted octanol–water partition coefficient (Wildman–Crippen LogP) is -0.620. The number of hydrogen-bond donors (Lipinski definition) is 2. The van der Waals surface area contributed by atoms with Gasteiger partial charge in [-0.15, -0.1) is 5.10 Å². The number of aliphatic hydroxyl groups is 1. The van der Waals surface area contributed by atoms with E-state index < -0.39 is 0 Å². The van der Waals surface area contributed by atoms with E-state index in [-0.39, 0.29) is 6.61 Å². The molecular formula is C7H14N4O. The molecule has 5 nitrogen and oxygen atoms in total. The second-order valence-electron chi connectivity index (χ2n) is 2.47. The average Bonchev–Trinajstić information content (AvgIpc) is 2.53. The van der Waals surface area contributed by atoms with Gasteiger partial charge < -0.3 is 10.4 Å². The van der Waals surface area contributed by atoms with Crippen molar-refractivity contribution in [1.29, 1.82) is 0 Å². The summed E-state index contributed by atoms with van der Waals surface area (Å²) in [6.07, 6.45) is 1.89.